The van der Waals surface area contributed by atoms with E-state index in [0.29, 0.717) is 11.8 Å². The number of hydrogen-bond donors (Lipinski definition) is 1. The molecule has 1 N–H and O–H groups in total. The molecule has 0 amide bonds. The first-order chi connectivity index (χ1) is 8.74. The molecule has 0 aliphatic carbocycles. The molecule has 0 aromatic rings. The lowest BCUT2D eigenvalue weighted by atomic mass is 9.81. The van der Waals surface area contributed by atoms with Crippen molar-refractivity contribution in [3.8, 4) is 0 Å². The van der Waals surface area contributed by atoms with Gasteiger partial charge in [-0.05, 0) is 63.8 Å². The molecule has 3 atom stereocenters. The molecule has 3 rings (SSSR count). The number of rotatable bonds is 3. The summed E-state index contributed by atoms with van der Waals surface area (Å²) in [4.78, 5) is 2.55. The van der Waals surface area contributed by atoms with Crippen LogP contribution in [0.15, 0.2) is 0 Å². The summed E-state index contributed by atoms with van der Waals surface area (Å²) in [5.41, 5.74) is 0. The number of fused-ring (bicyclic) bond motifs is 2. The van der Waals surface area contributed by atoms with Crippen LogP contribution in [-0.4, -0.2) is 48.5 Å². The smallest absolute Gasteiger partial charge is 0.0572 e. The van der Waals surface area contributed by atoms with Crippen LogP contribution in [0.2, 0.25) is 0 Å². The highest BCUT2D eigenvalue weighted by molar-refractivity contribution is 4.95. The maximum atomic E-state index is 10.5. The van der Waals surface area contributed by atoms with Crippen LogP contribution in [0.4, 0.5) is 0 Å². The minimum Gasteiger partial charge on any atom is -0.393 e. The number of nitrogens with zero attached hydrogens (tertiary/aromatic N) is 1. The maximum Gasteiger partial charge on any atom is 0.0572 e. The number of ether oxygens (including phenoxy) is 1. The Morgan fingerprint density at radius 1 is 1.11 bits per heavy atom. The molecule has 104 valence electrons. The normalized spacial score (nSPS) is 40.0. The van der Waals surface area contributed by atoms with Crippen LogP contribution in [0.5, 0.6) is 0 Å². The molecule has 3 saturated heterocycles. The molecule has 0 aromatic carbocycles. The second-order valence-electron chi connectivity index (χ2n) is 6.64. The fraction of sp³-hybridized carbons (Fsp3) is 1.00. The van der Waals surface area contributed by atoms with Gasteiger partial charge in [0.2, 0.25) is 0 Å². The third kappa shape index (κ3) is 2.59. The molecule has 0 aromatic heterocycles. The van der Waals surface area contributed by atoms with Crippen molar-refractivity contribution >= 4 is 0 Å². The van der Waals surface area contributed by atoms with Gasteiger partial charge in [0.1, 0.15) is 0 Å². The van der Waals surface area contributed by atoms with Crippen molar-refractivity contribution in [1.29, 1.82) is 0 Å². The minimum atomic E-state index is -0.0649. The zero-order chi connectivity index (χ0) is 12.5. The van der Waals surface area contributed by atoms with Crippen molar-refractivity contribution in [3.05, 3.63) is 0 Å². The van der Waals surface area contributed by atoms with E-state index in [4.69, 9.17) is 4.74 Å². The molecule has 3 heterocycles. The van der Waals surface area contributed by atoms with Crippen LogP contribution in [0.25, 0.3) is 0 Å². The van der Waals surface area contributed by atoms with Gasteiger partial charge in [-0.2, -0.15) is 0 Å². The minimum absolute atomic E-state index is 0.0649. The summed E-state index contributed by atoms with van der Waals surface area (Å²) in [6.45, 7) is 1.80. The van der Waals surface area contributed by atoms with E-state index in [1.807, 2.05) is 0 Å². The highest BCUT2D eigenvalue weighted by Gasteiger charge is 2.40. The molecular formula is C15H27NO2. The predicted octanol–water partition coefficient (Wildman–Crippen LogP) is 2.04. The Balaban J connectivity index is 1.52. The highest BCUT2D eigenvalue weighted by atomic mass is 16.5. The van der Waals surface area contributed by atoms with E-state index >= 15 is 0 Å². The van der Waals surface area contributed by atoms with Gasteiger partial charge in [0.15, 0.2) is 0 Å². The standard InChI is InChI=1S/C15H27NO2/c1-16-13-2-3-14(16)10-12(9-13)15(17)8-11-4-6-18-7-5-11/h11-15,17H,2-10H2,1H3. The van der Waals surface area contributed by atoms with E-state index < -0.39 is 0 Å². The third-order valence-corrected chi connectivity index (χ3v) is 5.59. The van der Waals surface area contributed by atoms with Crippen molar-refractivity contribution in [2.24, 2.45) is 11.8 Å². The Hall–Kier alpha value is -0.120. The van der Waals surface area contributed by atoms with Gasteiger partial charge in [-0.15, -0.1) is 0 Å². The van der Waals surface area contributed by atoms with Crippen LogP contribution >= 0.6 is 0 Å². The van der Waals surface area contributed by atoms with Gasteiger partial charge < -0.3 is 14.7 Å². The molecular weight excluding hydrogens is 226 g/mol. The predicted molar refractivity (Wildman–Crippen MR) is 71.5 cm³/mol. The summed E-state index contributed by atoms with van der Waals surface area (Å²) in [7, 11) is 2.27. The van der Waals surface area contributed by atoms with E-state index in [1.54, 1.807) is 0 Å². The Kier molecular flexibility index (Phi) is 3.92. The van der Waals surface area contributed by atoms with Gasteiger partial charge in [0.25, 0.3) is 0 Å². The highest BCUT2D eigenvalue weighted by Crippen LogP contribution is 2.40. The Bertz CT molecular complexity index is 264. The van der Waals surface area contributed by atoms with E-state index in [-0.39, 0.29) is 6.10 Å². The van der Waals surface area contributed by atoms with Crippen LogP contribution in [0, 0.1) is 11.8 Å². The molecule has 18 heavy (non-hydrogen) atoms. The van der Waals surface area contributed by atoms with Crippen molar-refractivity contribution in [2.45, 2.75) is 63.1 Å². The van der Waals surface area contributed by atoms with Crippen LogP contribution in [0.3, 0.4) is 0 Å². The molecule has 0 radical (unpaired) electrons. The zero-order valence-corrected chi connectivity index (χ0v) is 11.6. The van der Waals surface area contributed by atoms with Crippen molar-refractivity contribution in [3.63, 3.8) is 0 Å². The van der Waals surface area contributed by atoms with Gasteiger partial charge in [-0.1, -0.05) is 0 Å². The van der Waals surface area contributed by atoms with Crippen LogP contribution in [0.1, 0.15) is 44.9 Å². The average molecular weight is 253 g/mol. The van der Waals surface area contributed by atoms with Gasteiger partial charge >= 0.3 is 0 Å². The summed E-state index contributed by atoms with van der Waals surface area (Å²) in [6, 6.07) is 1.50. The van der Waals surface area contributed by atoms with Crippen molar-refractivity contribution in [1.82, 2.24) is 4.90 Å². The van der Waals surface area contributed by atoms with Gasteiger partial charge in [-0.3, -0.25) is 0 Å². The van der Waals surface area contributed by atoms with Crippen molar-refractivity contribution < 1.29 is 9.84 Å². The maximum absolute atomic E-state index is 10.5. The lowest BCUT2D eigenvalue weighted by molar-refractivity contribution is 0.00145. The molecule has 3 unspecified atom stereocenters. The number of aliphatic hydroxyl groups excluding tert-OH is 1. The average Bonchev–Trinajstić information content (AvgIpc) is 2.63. The number of hydrogen-bond acceptors (Lipinski definition) is 3. The molecule has 3 aliphatic heterocycles. The zero-order valence-electron chi connectivity index (χ0n) is 11.6. The molecule has 2 bridgehead atoms. The van der Waals surface area contributed by atoms with E-state index in [1.165, 1.54) is 25.7 Å². The topological polar surface area (TPSA) is 32.7 Å². The molecule has 0 saturated carbocycles. The first-order valence-electron chi connectivity index (χ1n) is 7.71. The SMILES string of the molecule is CN1C2CCC1CC(C(O)CC1CCOCC1)C2. The van der Waals surface area contributed by atoms with E-state index in [0.717, 1.165) is 44.6 Å². The second-order valence-corrected chi connectivity index (χ2v) is 6.64. The first-order valence-corrected chi connectivity index (χ1v) is 7.71. The Morgan fingerprint density at radius 2 is 1.72 bits per heavy atom. The molecule has 3 fully saturated rings. The summed E-state index contributed by atoms with van der Waals surface area (Å²) < 4.78 is 5.40. The monoisotopic (exact) mass is 253 g/mol. The fourth-order valence-corrected chi connectivity index (χ4v) is 4.28. The van der Waals surface area contributed by atoms with E-state index in [2.05, 4.69) is 11.9 Å². The summed E-state index contributed by atoms with van der Waals surface area (Å²) in [5.74, 6) is 1.26. The number of piperidine rings is 1. The fourth-order valence-electron chi connectivity index (χ4n) is 4.28. The van der Waals surface area contributed by atoms with Gasteiger partial charge in [0, 0.05) is 25.3 Å². The molecule has 3 heteroatoms. The second kappa shape index (κ2) is 5.48. The largest absolute Gasteiger partial charge is 0.393 e. The van der Waals surface area contributed by atoms with Gasteiger partial charge in [0.05, 0.1) is 6.10 Å². The van der Waals surface area contributed by atoms with Gasteiger partial charge in [-0.25, -0.2) is 0 Å². The molecule has 3 nitrogen and oxygen atoms in total. The Morgan fingerprint density at radius 3 is 2.33 bits per heavy atom. The van der Waals surface area contributed by atoms with Crippen LogP contribution in [-0.2, 0) is 4.74 Å². The Labute approximate surface area is 110 Å². The number of aliphatic hydroxyl groups is 1. The quantitative estimate of drug-likeness (QED) is 0.835. The summed E-state index contributed by atoms with van der Waals surface area (Å²) >= 11 is 0. The summed E-state index contributed by atoms with van der Waals surface area (Å²) in [6.07, 6.45) is 8.38. The molecule has 0 spiro atoms. The van der Waals surface area contributed by atoms with Crippen LogP contribution < -0.4 is 0 Å². The molecule has 3 aliphatic rings. The third-order valence-electron chi connectivity index (χ3n) is 5.59. The lowest BCUT2D eigenvalue weighted by Gasteiger charge is -2.39. The van der Waals surface area contributed by atoms with Crippen molar-refractivity contribution in [2.75, 3.05) is 20.3 Å². The van der Waals surface area contributed by atoms with E-state index in [9.17, 15) is 5.11 Å². The summed E-state index contributed by atoms with van der Waals surface area (Å²) in [5, 5.41) is 10.5. The lowest BCUT2D eigenvalue weighted by Crippen LogP contribution is -2.43. The first kappa shape index (κ1) is 12.9.